The van der Waals surface area contributed by atoms with E-state index in [1.807, 2.05) is 0 Å². The normalized spacial score (nSPS) is 13.0. The molecule has 2 rings (SSSR count). The summed E-state index contributed by atoms with van der Waals surface area (Å²) in [6.07, 6.45) is 3.32. The van der Waals surface area contributed by atoms with E-state index in [4.69, 9.17) is 4.98 Å². The molecule has 1 aromatic heterocycles. The topological polar surface area (TPSA) is 28.2 Å². The lowest BCUT2D eigenvalue weighted by Gasteiger charge is -2.20. The number of benzene rings is 1. The SMILES string of the molecule is CCCNC(CCN(C)C)Cc1ccc2ccccc2n1. The van der Waals surface area contributed by atoms with E-state index in [9.17, 15) is 0 Å². The lowest BCUT2D eigenvalue weighted by Crippen LogP contribution is -2.34. The smallest absolute Gasteiger partial charge is 0.0705 e. The Bertz CT molecular complexity index is 551. The maximum atomic E-state index is 4.80. The van der Waals surface area contributed by atoms with E-state index in [-0.39, 0.29) is 0 Å². The first-order chi connectivity index (χ1) is 10.2. The minimum Gasteiger partial charge on any atom is -0.314 e. The van der Waals surface area contributed by atoms with Crippen LogP contribution in [-0.4, -0.2) is 43.1 Å². The van der Waals surface area contributed by atoms with Gasteiger partial charge in [-0.2, -0.15) is 0 Å². The number of rotatable bonds is 8. The van der Waals surface area contributed by atoms with E-state index in [1.165, 1.54) is 17.5 Å². The van der Waals surface area contributed by atoms with Gasteiger partial charge >= 0.3 is 0 Å². The van der Waals surface area contributed by atoms with Gasteiger partial charge in [0, 0.05) is 23.5 Å². The van der Waals surface area contributed by atoms with Crippen LogP contribution in [0.15, 0.2) is 36.4 Å². The zero-order chi connectivity index (χ0) is 15.1. The highest BCUT2D eigenvalue weighted by Crippen LogP contribution is 2.13. The molecule has 0 fully saturated rings. The molecular formula is C18H27N3. The Morgan fingerprint density at radius 2 is 1.95 bits per heavy atom. The molecule has 1 aromatic carbocycles. The number of aromatic nitrogens is 1. The molecule has 0 saturated heterocycles. The van der Waals surface area contributed by atoms with Crippen molar-refractivity contribution in [2.45, 2.75) is 32.2 Å². The van der Waals surface area contributed by atoms with Gasteiger partial charge in [-0.15, -0.1) is 0 Å². The molecule has 1 unspecified atom stereocenters. The van der Waals surface area contributed by atoms with Crippen LogP contribution in [0.1, 0.15) is 25.5 Å². The fourth-order valence-corrected chi connectivity index (χ4v) is 2.51. The third kappa shape index (κ3) is 5.10. The van der Waals surface area contributed by atoms with Crippen molar-refractivity contribution in [3.8, 4) is 0 Å². The molecule has 2 aromatic rings. The second-order valence-electron chi connectivity index (χ2n) is 5.94. The van der Waals surface area contributed by atoms with E-state index in [0.717, 1.165) is 31.4 Å². The van der Waals surface area contributed by atoms with Crippen LogP contribution in [0.4, 0.5) is 0 Å². The molecule has 3 heteroatoms. The molecule has 114 valence electrons. The number of nitrogens with one attached hydrogen (secondary N) is 1. The molecule has 0 bridgehead atoms. The number of pyridine rings is 1. The van der Waals surface area contributed by atoms with E-state index in [0.29, 0.717) is 6.04 Å². The average Bonchev–Trinajstić information content (AvgIpc) is 2.49. The quantitative estimate of drug-likeness (QED) is 0.808. The summed E-state index contributed by atoms with van der Waals surface area (Å²) in [6.45, 7) is 4.39. The van der Waals surface area contributed by atoms with Gasteiger partial charge in [0.25, 0.3) is 0 Å². The molecule has 3 nitrogen and oxygen atoms in total. The first-order valence-corrected chi connectivity index (χ1v) is 7.92. The Morgan fingerprint density at radius 1 is 1.14 bits per heavy atom. The van der Waals surface area contributed by atoms with Crippen LogP contribution in [0.25, 0.3) is 10.9 Å². The summed E-state index contributed by atoms with van der Waals surface area (Å²) in [5.41, 5.74) is 2.28. The Labute approximate surface area is 128 Å². The van der Waals surface area contributed by atoms with Crippen LogP contribution in [0.5, 0.6) is 0 Å². The first-order valence-electron chi connectivity index (χ1n) is 7.92. The van der Waals surface area contributed by atoms with Crippen molar-refractivity contribution < 1.29 is 0 Å². The number of nitrogens with zero attached hydrogens (tertiary/aromatic N) is 2. The first kappa shape index (κ1) is 15.9. The van der Waals surface area contributed by atoms with Crippen molar-refractivity contribution in [2.75, 3.05) is 27.2 Å². The average molecular weight is 285 g/mol. The van der Waals surface area contributed by atoms with E-state index >= 15 is 0 Å². The molecule has 1 atom stereocenters. The summed E-state index contributed by atoms with van der Waals surface area (Å²) in [6, 6.07) is 13.2. The van der Waals surface area contributed by atoms with Crippen molar-refractivity contribution in [1.29, 1.82) is 0 Å². The number of hydrogen-bond donors (Lipinski definition) is 1. The van der Waals surface area contributed by atoms with Gasteiger partial charge in [0.1, 0.15) is 0 Å². The van der Waals surface area contributed by atoms with Crippen molar-refractivity contribution in [3.05, 3.63) is 42.1 Å². The van der Waals surface area contributed by atoms with Crippen molar-refractivity contribution >= 4 is 10.9 Å². The van der Waals surface area contributed by atoms with Crippen LogP contribution in [0.2, 0.25) is 0 Å². The zero-order valence-electron chi connectivity index (χ0n) is 13.5. The third-order valence-corrected chi connectivity index (χ3v) is 3.72. The third-order valence-electron chi connectivity index (χ3n) is 3.72. The lowest BCUT2D eigenvalue weighted by atomic mass is 10.1. The number of para-hydroxylation sites is 1. The Kier molecular flexibility index (Phi) is 6.15. The van der Waals surface area contributed by atoms with Crippen LogP contribution in [0.3, 0.4) is 0 Å². The van der Waals surface area contributed by atoms with E-state index in [1.54, 1.807) is 0 Å². The Hall–Kier alpha value is -1.45. The molecule has 0 amide bonds. The molecule has 0 aliphatic rings. The summed E-state index contributed by atoms with van der Waals surface area (Å²) in [5, 5.41) is 4.87. The van der Waals surface area contributed by atoms with Gasteiger partial charge in [-0.3, -0.25) is 4.98 Å². The predicted octanol–water partition coefficient (Wildman–Crippen LogP) is 3.10. The van der Waals surface area contributed by atoms with Gasteiger partial charge in [-0.25, -0.2) is 0 Å². The predicted molar refractivity (Wildman–Crippen MR) is 90.7 cm³/mol. The molecule has 0 aliphatic carbocycles. The highest BCUT2D eigenvalue weighted by molar-refractivity contribution is 5.78. The number of fused-ring (bicyclic) bond motifs is 1. The van der Waals surface area contributed by atoms with Gasteiger partial charge in [0.2, 0.25) is 0 Å². The molecule has 0 radical (unpaired) electrons. The molecule has 21 heavy (non-hydrogen) atoms. The number of hydrogen-bond acceptors (Lipinski definition) is 3. The molecule has 0 aliphatic heterocycles. The minimum absolute atomic E-state index is 0.501. The van der Waals surface area contributed by atoms with Crippen LogP contribution in [-0.2, 0) is 6.42 Å². The highest BCUT2D eigenvalue weighted by Gasteiger charge is 2.10. The molecular weight excluding hydrogens is 258 g/mol. The molecule has 0 saturated carbocycles. The van der Waals surface area contributed by atoms with Crippen molar-refractivity contribution in [1.82, 2.24) is 15.2 Å². The van der Waals surface area contributed by atoms with Crippen molar-refractivity contribution in [3.63, 3.8) is 0 Å². The molecule has 1 heterocycles. The Balaban J connectivity index is 2.05. The monoisotopic (exact) mass is 285 g/mol. The van der Waals surface area contributed by atoms with Crippen molar-refractivity contribution in [2.24, 2.45) is 0 Å². The van der Waals surface area contributed by atoms with Gasteiger partial charge in [-0.05, 0) is 52.2 Å². The standard InChI is InChI=1S/C18H27N3/c1-4-12-19-16(11-13-21(2)3)14-17-10-9-15-7-5-6-8-18(15)20-17/h5-10,16,19H,4,11-14H2,1-3H3. The van der Waals surface area contributed by atoms with Crippen LogP contribution < -0.4 is 5.32 Å². The van der Waals surface area contributed by atoms with E-state index in [2.05, 4.69) is 67.6 Å². The fourth-order valence-electron chi connectivity index (χ4n) is 2.51. The van der Waals surface area contributed by atoms with Gasteiger partial charge in [-0.1, -0.05) is 31.2 Å². The summed E-state index contributed by atoms with van der Waals surface area (Å²) < 4.78 is 0. The second-order valence-corrected chi connectivity index (χ2v) is 5.94. The Morgan fingerprint density at radius 3 is 2.71 bits per heavy atom. The fraction of sp³-hybridized carbons (Fsp3) is 0.500. The highest BCUT2D eigenvalue weighted by atomic mass is 15.1. The zero-order valence-corrected chi connectivity index (χ0v) is 13.5. The van der Waals surface area contributed by atoms with Gasteiger partial charge in [0.05, 0.1) is 5.52 Å². The summed E-state index contributed by atoms with van der Waals surface area (Å²) in [5.74, 6) is 0. The summed E-state index contributed by atoms with van der Waals surface area (Å²) in [4.78, 5) is 7.04. The van der Waals surface area contributed by atoms with Crippen LogP contribution in [0, 0.1) is 0 Å². The van der Waals surface area contributed by atoms with Gasteiger partial charge < -0.3 is 10.2 Å². The van der Waals surface area contributed by atoms with E-state index < -0.39 is 0 Å². The second kappa shape index (κ2) is 8.11. The molecule has 0 spiro atoms. The summed E-state index contributed by atoms with van der Waals surface area (Å²) in [7, 11) is 4.26. The van der Waals surface area contributed by atoms with Gasteiger partial charge in [0.15, 0.2) is 0 Å². The maximum absolute atomic E-state index is 4.80. The summed E-state index contributed by atoms with van der Waals surface area (Å²) >= 11 is 0. The molecule has 1 N–H and O–H groups in total. The minimum atomic E-state index is 0.501. The largest absolute Gasteiger partial charge is 0.314 e. The van der Waals surface area contributed by atoms with Crippen LogP contribution >= 0.6 is 0 Å². The lowest BCUT2D eigenvalue weighted by molar-refractivity contribution is 0.355. The maximum Gasteiger partial charge on any atom is 0.0705 e.